The van der Waals surface area contributed by atoms with E-state index in [4.69, 9.17) is 4.79 Å². The molecule has 0 aliphatic heterocycles. The topological polar surface area (TPSA) is 68.3 Å². The van der Waals surface area contributed by atoms with Crippen molar-refractivity contribution in [3.63, 3.8) is 0 Å². The van der Waals surface area contributed by atoms with Crippen molar-refractivity contribution in [3.05, 3.63) is 47.0 Å². The summed E-state index contributed by atoms with van der Waals surface area (Å²) in [5.41, 5.74) is 3.83. The molecule has 0 saturated carbocycles. The smallest absolute Gasteiger partial charge is 0.165 e. The number of ketones is 2. The van der Waals surface area contributed by atoms with E-state index < -0.39 is 0 Å². The monoisotopic (exact) mass is 430 g/mol. The highest BCUT2D eigenvalue weighted by Crippen LogP contribution is 2.18. The highest BCUT2D eigenvalue weighted by atomic mass is 16.1. The Balaban J connectivity index is 0. The van der Waals surface area contributed by atoms with Crippen molar-refractivity contribution >= 4 is 24.1 Å². The summed E-state index contributed by atoms with van der Waals surface area (Å²) in [4.78, 5) is 42.5. The molecule has 174 valence electrons. The second kappa shape index (κ2) is 18.4. The first-order chi connectivity index (χ1) is 14.6. The Labute approximate surface area is 189 Å². The number of carbonyl (C=O) groups excluding carboxylic acids is 4. The molecule has 0 saturated heterocycles. The van der Waals surface area contributed by atoms with E-state index in [2.05, 4.69) is 13.5 Å². The maximum absolute atomic E-state index is 12.1. The first-order valence-corrected chi connectivity index (χ1v) is 11.2. The third kappa shape index (κ3) is 14.3. The van der Waals surface area contributed by atoms with Gasteiger partial charge in [0.15, 0.2) is 5.78 Å². The molecule has 0 bridgehead atoms. The van der Waals surface area contributed by atoms with Crippen LogP contribution in [0.15, 0.2) is 30.4 Å². The standard InChI is InChI=1S/C14H18O2.C11H20O.C2H4O/c1-4-10(2)14(16)13-9-12(7-8-15)6-5-11(13)3;1-5-6-11(12)8-7-10(4)9(2)3;1-2-3/h5-6,8-10H,4,7H2,1-3H3;10H,2,5-8H2,1,3-4H3;2H,1H3. The van der Waals surface area contributed by atoms with Crippen molar-refractivity contribution in [3.8, 4) is 0 Å². The van der Waals surface area contributed by atoms with Gasteiger partial charge in [-0.25, -0.2) is 0 Å². The SMILES string of the molecule is C=C(C)C(C)CCC(=O)CCC.CC=O.CCC(C)C(=O)c1cc(CC=O)ccc1C. The predicted octanol–water partition coefficient (Wildman–Crippen LogP) is 6.52. The molecule has 2 unspecified atom stereocenters. The van der Waals surface area contributed by atoms with E-state index in [0.29, 0.717) is 18.1 Å². The van der Waals surface area contributed by atoms with Gasteiger partial charge in [-0.2, -0.15) is 0 Å². The molecule has 0 aliphatic rings. The van der Waals surface area contributed by atoms with Crippen LogP contribution < -0.4 is 0 Å². The van der Waals surface area contributed by atoms with E-state index >= 15 is 0 Å². The minimum absolute atomic E-state index is 0.0465. The third-order valence-electron chi connectivity index (χ3n) is 5.17. The molecule has 4 nitrogen and oxygen atoms in total. The summed E-state index contributed by atoms with van der Waals surface area (Å²) in [6, 6.07) is 5.66. The van der Waals surface area contributed by atoms with Gasteiger partial charge in [-0.05, 0) is 63.1 Å². The fourth-order valence-corrected chi connectivity index (χ4v) is 2.64. The van der Waals surface area contributed by atoms with E-state index in [9.17, 15) is 14.4 Å². The molecule has 0 aliphatic carbocycles. The minimum Gasteiger partial charge on any atom is -0.304 e. The van der Waals surface area contributed by atoms with Gasteiger partial charge >= 0.3 is 0 Å². The molecule has 0 spiro atoms. The van der Waals surface area contributed by atoms with Crippen molar-refractivity contribution in [1.29, 1.82) is 0 Å². The fourth-order valence-electron chi connectivity index (χ4n) is 2.64. The zero-order valence-corrected chi connectivity index (χ0v) is 20.6. The molecule has 1 aromatic rings. The maximum Gasteiger partial charge on any atom is 0.165 e. The lowest BCUT2D eigenvalue weighted by Gasteiger charge is -2.11. The van der Waals surface area contributed by atoms with E-state index in [1.54, 1.807) is 0 Å². The third-order valence-corrected chi connectivity index (χ3v) is 5.17. The highest BCUT2D eigenvalue weighted by Gasteiger charge is 2.15. The number of carbonyl (C=O) groups is 4. The Bertz CT molecular complexity index is 703. The number of allylic oxidation sites excluding steroid dienone is 1. The van der Waals surface area contributed by atoms with E-state index in [-0.39, 0.29) is 11.7 Å². The summed E-state index contributed by atoms with van der Waals surface area (Å²) in [6.07, 6.45) is 6.23. The molecule has 4 heteroatoms. The van der Waals surface area contributed by atoms with Crippen LogP contribution in [0.4, 0.5) is 0 Å². The molecule has 1 rings (SSSR count). The summed E-state index contributed by atoms with van der Waals surface area (Å²) in [6.45, 7) is 17.4. The first kappa shape index (κ1) is 30.8. The Morgan fingerprint density at radius 2 is 1.65 bits per heavy atom. The molecule has 0 fully saturated rings. The van der Waals surface area contributed by atoms with Gasteiger partial charge < -0.3 is 9.59 Å². The summed E-state index contributed by atoms with van der Waals surface area (Å²) in [5, 5.41) is 0. The fraction of sp³-hybridized carbons (Fsp3) is 0.556. The number of benzene rings is 1. The molecular weight excluding hydrogens is 388 g/mol. The number of aldehydes is 2. The lowest BCUT2D eigenvalue weighted by atomic mass is 9.92. The molecular formula is C27H42O4. The van der Waals surface area contributed by atoms with Gasteiger partial charge in [0.1, 0.15) is 18.4 Å². The van der Waals surface area contributed by atoms with Crippen LogP contribution in [0, 0.1) is 18.8 Å². The molecule has 31 heavy (non-hydrogen) atoms. The van der Waals surface area contributed by atoms with Gasteiger partial charge in [0.25, 0.3) is 0 Å². The van der Waals surface area contributed by atoms with Crippen molar-refractivity contribution < 1.29 is 19.2 Å². The zero-order chi connectivity index (χ0) is 24.4. The molecule has 0 N–H and O–H groups in total. The number of hydrogen-bond acceptors (Lipinski definition) is 4. The molecule has 1 aromatic carbocycles. The van der Waals surface area contributed by atoms with E-state index in [1.165, 1.54) is 12.5 Å². The number of Topliss-reactive ketones (excluding diaryl/α,β-unsaturated/α-hetero) is 2. The van der Waals surface area contributed by atoms with Crippen molar-refractivity contribution in [2.45, 2.75) is 87.0 Å². The quantitative estimate of drug-likeness (QED) is 0.228. The summed E-state index contributed by atoms with van der Waals surface area (Å²) in [5.74, 6) is 1.11. The number of rotatable bonds is 11. The Kier molecular flexibility index (Phi) is 18.3. The normalized spacial score (nSPS) is 11.6. The average Bonchev–Trinajstić information content (AvgIpc) is 2.73. The number of hydrogen-bond donors (Lipinski definition) is 0. The van der Waals surface area contributed by atoms with Crippen LogP contribution in [0.3, 0.4) is 0 Å². The van der Waals surface area contributed by atoms with Crippen LogP contribution in [-0.4, -0.2) is 24.1 Å². The molecule has 0 aromatic heterocycles. The van der Waals surface area contributed by atoms with Crippen molar-refractivity contribution in [2.75, 3.05) is 0 Å². The van der Waals surface area contributed by atoms with Crippen LogP contribution in [0.2, 0.25) is 0 Å². The van der Waals surface area contributed by atoms with Crippen LogP contribution in [0.25, 0.3) is 0 Å². The summed E-state index contributed by atoms with van der Waals surface area (Å²) < 4.78 is 0. The second-order valence-corrected chi connectivity index (χ2v) is 8.00. The van der Waals surface area contributed by atoms with Gasteiger partial charge in [0.05, 0.1) is 0 Å². The summed E-state index contributed by atoms with van der Waals surface area (Å²) in [7, 11) is 0. The van der Waals surface area contributed by atoms with Gasteiger partial charge in [0, 0.05) is 30.7 Å². The van der Waals surface area contributed by atoms with Gasteiger partial charge in [0.2, 0.25) is 0 Å². The Hall–Kier alpha value is -2.36. The Morgan fingerprint density at radius 1 is 1.06 bits per heavy atom. The van der Waals surface area contributed by atoms with Crippen LogP contribution in [0.5, 0.6) is 0 Å². The highest BCUT2D eigenvalue weighted by molar-refractivity contribution is 5.99. The lowest BCUT2D eigenvalue weighted by Crippen LogP contribution is -2.12. The lowest BCUT2D eigenvalue weighted by molar-refractivity contribution is -0.119. The van der Waals surface area contributed by atoms with Gasteiger partial charge in [-0.1, -0.05) is 52.0 Å². The first-order valence-electron chi connectivity index (χ1n) is 11.2. The summed E-state index contributed by atoms with van der Waals surface area (Å²) >= 11 is 0. The predicted molar refractivity (Wildman–Crippen MR) is 130 cm³/mol. The zero-order valence-electron chi connectivity index (χ0n) is 20.6. The van der Waals surface area contributed by atoms with E-state index in [1.807, 2.05) is 52.8 Å². The van der Waals surface area contributed by atoms with Crippen molar-refractivity contribution in [2.24, 2.45) is 11.8 Å². The van der Waals surface area contributed by atoms with Gasteiger partial charge in [-0.3, -0.25) is 9.59 Å². The average molecular weight is 431 g/mol. The van der Waals surface area contributed by atoms with Crippen LogP contribution in [-0.2, 0) is 20.8 Å². The van der Waals surface area contributed by atoms with Crippen molar-refractivity contribution in [1.82, 2.24) is 0 Å². The Morgan fingerprint density at radius 3 is 2.10 bits per heavy atom. The molecule has 0 radical (unpaired) electrons. The van der Waals surface area contributed by atoms with Crippen LogP contribution >= 0.6 is 0 Å². The molecule has 2 atom stereocenters. The maximum atomic E-state index is 12.1. The second-order valence-electron chi connectivity index (χ2n) is 8.00. The minimum atomic E-state index is 0.0465. The number of aryl methyl sites for hydroxylation is 1. The van der Waals surface area contributed by atoms with Gasteiger partial charge in [-0.15, -0.1) is 0 Å². The molecule has 0 amide bonds. The molecule has 0 heterocycles. The van der Waals surface area contributed by atoms with Crippen LogP contribution in [0.1, 0.15) is 95.1 Å². The van der Waals surface area contributed by atoms with E-state index in [0.717, 1.165) is 61.4 Å². The largest absolute Gasteiger partial charge is 0.304 e.